The topological polar surface area (TPSA) is 107 Å². The van der Waals surface area contributed by atoms with Gasteiger partial charge in [0.25, 0.3) is 5.91 Å². The zero-order valence-corrected chi connectivity index (χ0v) is 7.61. The lowest BCUT2D eigenvalue weighted by Gasteiger charge is -2.10. The number of nitrogens with one attached hydrogen (secondary N) is 1. The fraction of sp³-hybridized carbons (Fsp3) is 0. The second-order valence-corrected chi connectivity index (χ2v) is 3.56. The van der Waals surface area contributed by atoms with Gasteiger partial charge in [0, 0.05) is 5.56 Å². The molecule has 0 aliphatic rings. The van der Waals surface area contributed by atoms with E-state index in [4.69, 9.17) is 4.55 Å². The number of carbonyl (C=O) groups excluding carboxylic acids is 1. The average Bonchev–Trinajstić information content (AvgIpc) is 2.01. The molecule has 0 saturated carbocycles. The average molecular weight is 216 g/mol. The van der Waals surface area contributed by atoms with Crippen LogP contribution in [-0.2, 0) is 10.3 Å². The van der Waals surface area contributed by atoms with Crippen LogP contribution in [0.2, 0.25) is 0 Å². The Morgan fingerprint density at radius 2 is 1.93 bits per heavy atom. The van der Waals surface area contributed by atoms with E-state index in [1.54, 1.807) is 0 Å². The molecule has 0 atom stereocenters. The SMILES string of the molecule is O=C(NS(=O)(=O)O)c1ccccc1[O-]. The fourth-order valence-electron chi connectivity index (χ4n) is 0.826. The van der Waals surface area contributed by atoms with Crippen LogP contribution in [0.15, 0.2) is 24.3 Å². The van der Waals surface area contributed by atoms with Crippen molar-refractivity contribution in [3.05, 3.63) is 29.8 Å². The smallest absolute Gasteiger partial charge is 0.359 e. The lowest BCUT2D eigenvalue weighted by molar-refractivity contribution is -0.268. The molecule has 0 aliphatic heterocycles. The molecule has 1 amide bonds. The number of para-hydroxylation sites is 1. The highest BCUT2D eigenvalue weighted by Gasteiger charge is 2.12. The van der Waals surface area contributed by atoms with E-state index in [2.05, 4.69) is 0 Å². The van der Waals surface area contributed by atoms with Crippen molar-refractivity contribution in [2.75, 3.05) is 0 Å². The van der Waals surface area contributed by atoms with Gasteiger partial charge in [-0.3, -0.25) is 9.35 Å². The first-order chi connectivity index (χ1) is 6.40. The van der Waals surface area contributed by atoms with E-state index in [9.17, 15) is 18.3 Å². The van der Waals surface area contributed by atoms with Crippen LogP contribution in [0.3, 0.4) is 0 Å². The largest absolute Gasteiger partial charge is 0.872 e. The van der Waals surface area contributed by atoms with Crippen LogP contribution in [0.5, 0.6) is 5.75 Å². The van der Waals surface area contributed by atoms with Crippen LogP contribution in [-0.4, -0.2) is 18.9 Å². The lowest BCUT2D eigenvalue weighted by atomic mass is 10.2. The van der Waals surface area contributed by atoms with Crippen molar-refractivity contribution in [1.29, 1.82) is 0 Å². The summed E-state index contributed by atoms with van der Waals surface area (Å²) in [7, 11) is -4.63. The molecule has 0 heterocycles. The first kappa shape index (κ1) is 10.5. The third-order valence-electron chi connectivity index (χ3n) is 1.35. The summed E-state index contributed by atoms with van der Waals surface area (Å²) in [5, 5.41) is 11.0. The van der Waals surface area contributed by atoms with Gasteiger partial charge in [0.15, 0.2) is 0 Å². The van der Waals surface area contributed by atoms with Crippen LogP contribution in [0, 0.1) is 0 Å². The van der Waals surface area contributed by atoms with Crippen molar-refractivity contribution in [3.63, 3.8) is 0 Å². The van der Waals surface area contributed by atoms with Gasteiger partial charge < -0.3 is 5.11 Å². The number of hydrogen-bond acceptors (Lipinski definition) is 4. The number of rotatable bonds is 2. The molecule has 0 radical (unpaired) electrons. The lowest BCUT2D eigenvalue weighted by Crippen LogP contribution is -2.30. The standard InChI is InChI=1S/C7H7NO5S/c9-6-4-2-1-3-5(6)7(10)8-14(11,12)13/h1-4,9H,(H,8,10)(H,11,12,13)/p-1. The summed E-state index contributed by atoms with van der Waals surface area (Å²) in [6.07, 6.45) is 0. The Bertz CT molecular complexity index is 453. The summed E-state index contributed by atoms with van der Waals surface area (Å²) in [4.78, 5) is 11.0. The maximum Gasteiger partial charge on any atom is 0.359 e. The van der Waals surface area contributed by atoms with Crippen LogP contribution in [0.25, 0.3) is 0 Å². The summed E-state index contributed by atoms with van der Waals surface area (Å²) < 4.78 is 30.0. The summed E-state index contributed by atoms with van der Waals surface area (Å²) in [5.74, 6) is -1.77. The Kier molecular flexibility index (Phi) is 2.73. The highest BCUT2D eigenvalue weighted by Crippen LogP contribution is 2.11. The van der Waals surface area contributed by atoms with Crippen LogP contribution < -0.4 is 9.83 Å². The molecule has 7 heteroatoms. The van der Waals surface area contributed by atoms with Gasteiger partial charge in [0.2, 0.25) is 0 Å². The Morgan fingerprint density at radius 3 is 2.43 bits per heavy atom. The molecule has 0 aliphatic carbocycles. The molecule has 2 N–H and O–H groups in total. The number of benzene rings is 1. The Balaban J connectivity index is 2.97. The molecule has 0 saturated heterocycles. The van der Waals surface area contributed by atoms with Crippen LogP contribution in [0.4, 0.5) is 0 Å². The van der Waals surface area contributed by atoms with E-state index in [1.807, 2.05) is 0 Å². The van der Waals surface area contributed by atoms with Crippen molar-refractivity contribution in [2.45, 2.75) is 0 Å². The van der Waals surface area contributed by atoms with Gasteiger partial charge in [-0.05, 0) is 0 Å². The first-order valence-electron chi connectivity index (χ1n) is 3.46. The molecular weight excluding hydrogens is 210 g/mol. The molecule has 1 aromatic rings. The van der Waals surface area contributed by atoms with Gasteiger partial charge in [-0.15, -0.1) is 0 Å². The normalized spacial score (nSPS) is 10.9. The van der Waals surface area contributed by atoms with E-state index in [1.165, 1.54) is 16.9 Å². The van der Waals surface area contributed by atoms with Crippen molar-refractivity contribution in [2.24, 2.45) is 0 Å². The molecule has 0 aromatic heterocycles. The van der Waals surface area contributed by atoms with Crippen molar-refractivity contribution in [3.8, 4) is 5.75 Å². The highest BCUT2D eigenvalue weighted by molar-refractivity contribution is 7.84. The van der Waals surface area contributed by atoms with Gasteiger partial charge in [-0.1, -0.05) is 30.0 Å². The van der Waals surface area contributed by atoms with Crippen molar-refractivity contribution in [1.82, 2.24) is 4.72 Å². The van der Waals surface area contributed by atoms with Gasteiger partial charge in [0.05, 0.1) is 0 Å². The second kappa shape index (κ2) is 3.64. The maximum absolute atomic E-state index is 11.0. The Labute approximate surface area is 80.1 Å². The highest BCUT2D eigenvalue weighted by atomic mass is 32.2. The van der Waals surface area contributed by atoms with E-state index < -0.39 is 22.0 Å². The predicted molar refractivity (Wildman–Crippen MR) is 44.9 cm³/mol. The minimum atomic E-state index is -4.63. The molecule has 76 valence electrons. The van der Waals surface area contributed by atoms with Crippen molar-refractivity contribution < 1.29 is 22.9 Å². The van der Waals surface area contributed by atoms with Gasteiger partial charge in [-0.2, -0.15) is 8.42 Å². The van der Waals surface area contributed by atoms with Gasteiger partial charge >= 0.3 is 10.3 Å². The molecule has 1 aromatic carbocycles. The zero-order chi connectivity index (χ0) is 10.8. The summed E-state index contributed by atoms with van der Waals surface area (Å²) in [6.45, 7) is 0. The minimum absolute atomic E-state index is 0.342. The first-order valence-corrected chi connectivity index (χ1v) is 4.90. The zero-order valence-electron chi connectivity index (χ0n) is 6.80. The number of amides is 1. The van der Waals surface area contributed by atoms with E-state index >= 15 is 0 Å². The third kappa shape index (κ3) is 2.71. The monoisotopic (exact) mass is 216 g/mol. The van der Waals surface area contributed by atoms with Gasteiger partial charge in [-0.25, -0.2) is 4.72 Å². The molecule has 0 bridgehead atoms. The van der Waals surface area contributed by atoms with E-state index in [0.717, 1.165) is 12.1 Å². The quantitative estimate of drug-likeness (QED) is 0.635. The molecule has 1 rings (SSSR count). The molecule has 0 fully saturated rings. The maximum atomic E-state index is 11.0. The second-order valence-electron chi connectivity index (χ2n) is 2.40. The Hall–Kier alpha value is -1.60. The predicted octanol–water partition coefficient (Wildman–Crippen LogP) is -0.707. The van der Waals surface area contributed by atoms with Crippen LogP contribution >= 0.6 is 0 Å². The summed E-state index contributed by atoms with van der Waals surface area (Å²) in [6, 6.07) is 5.08. The fourth-order valence-corrected chi connectivity index (χ4v) is 1.17. The number of carbonyl (C=O) groups is 1. The summed E-state index contributed by atoms with van der Waals surface area (Å²) in [5.41, 5.74) is -0.342. The molecular formula is C7H6NO5S-. The molecule has 0 unspecified atom stereocenters. The molecule has 14 heavy (non-hydrogen) atoms. The van der Waals surface area contributed by atoms with E-state index in [-0.39, 0.29) is 5.56 Å². The number of hydrogen-bond donors (Lipinski definition) is 2. The van der Waals surface area contributed by atoms with E-state index in [0.29, 0.717) is 0 Å². The summed E-state index contributed by atoms with van der Waals surface area (Å²) >= 11 is 0. The Morgan fingerprint density at radius 1 is 1.36 bits per heavy atom. The molecule has 6 nitrogen and oxygen atoms in total. The minimum Gasteiger partial charge on any atom is -0.872 e. The third-order valence-corrected chi connectivity index (χ3v) is 1.80. The molecule has 0 spiro atoms. The van der Waals surface area contributed by atoms with Gasteiger partial charge in [0.1, 0.15) is 0 Å². The van der Waals surface area contributed by atoms with Crippen molar-refractivity contribution >= 4 is 16.2 Å². The van der Waals surface area contributed by atoms with Crippen LogP contribution in [0.1, 0.15) is 10.4 Å².